The molecule has 0 saturated heterocycles. The first kappa shape index (κ1) is 14.3. The molecule has 0 bridgehead atoms. The third-order valence-electron chi connectivity index (χ3n) is 3.60. The van der Waals surface area contributed by atoms with Crippen molar-refractivity contribution in [2.24, 2.45) is 7.05 Å². The molecule has 0 unspecified atom stereocenters. The highest BCUT2D eigenvalue weighted by molar-refractivity contribution is 5.93. The van der Waals surface area contributed by atoms with E-state index in [4.69, 9.17) is 0 Å². The van der Waals surface area contributed by atoms with E-state index in [9.17, 15) is 4.79 Å². The van der Waals surface area contributed by atoms with Crippen LogP contribution in [-0.2, 0) is 13.6 Å². The molecule has 0 fully saturated rings. The Balaban J connectivity index is 1.54. The second kappa shape index (κ2) is 6.01. The number of aryl methyl sites for hydroxylation is 3. The van der Waals surface area contributed by atoms with Gasteiger partial charge in [0.2, 0.25) is 0 Å². The minimum absolute atomic E-state index is 0.0886. The van der Waals surface area contributed by atoms with Crippen LogP contribution in [0.4, 0.5) is 0 Å². The molecule has 3 rings (SSSR count). The molecule has 2 heterocycles. The molecular weight excluding hydrogens is 278 g/mol. The van der Waals surface area contributed by atoms with Crippen LogP contribution in [0.1, 0.15) is 22.3 Å². The number of aromatic nitrogens is 4. The third kappa shape index (κ3) is 3.00. The monoisotopic (exact) mass is 297 g/mol. The van der Waals surface area contributed by atoms with E-state index in [2.05, 4.69) is 40.6 Å². The first-order valence-electron chi connectivity index (χ1n) is 7.32. The Morgan fingerprint density at radius 1 is 1.27 bits per heavy atom. The number of rotatable bonds is 5. The van der Waals surface area contributed by atoms with Gasteiger partial charge < -0.3 is 5.32 Å². The van der Waals surface area contributed by atoms with Gasteiger partial charge in [-0.3, -0.25) is 14.2 Å². The van der Waals surface area contributed by atoms with Crippen molar-refractivity contribution >= 4 is 16.8 Å². The van der Waals surface area contributed by atoms with Gasteiger partial charge in [-0.15, -0.1) is 0 Å². The lowest BCUT2D eigenvalue weighted by atomic mass is 10.2. The van der Waals surface area contributed by atoms with Crippen molar-refractivity contribution in [3.63, 3.8) is 0 Å². The summed E-state index contributed by atoms with van der Waals surface area (Å²) in [7, 11) is 1.79. The van der Waals surface area contributed by atoms with Crippen LogP contribution in [0.15, 0.2) is 36.8 Å². The molecule has 2 aromatic heterocycles. The van der Waals surface area contributed by atoms with Crippen LogP contribution in [0, 0.1) is 6.92 Å². The SMILES string of the molecule is Cc1ccc2cnn(CCCNC(=O)c3cnn(C)c3)c2c1. The fourth-order valence-electron chi connectivity index (χ4n) is 2.43. The minimum Gasteiger partial charge on any atom is -0.352 e. The van der Waals surface area contributed by atoms with Crippen molar-refractivity contribution in [2.45, 2.75) is 19.9 Å². The van der Waals surface area contributed by atoms with Crippen molar-refractivity contribution in [3.8, 4) is 0 Å². The zero-order valence-electron chi connectivity index (χ0n) is 12.8. The molecule has 1 N–H and O–H groups in total. The average molecular weight is 297 g/mol. The van der Waals surface area contributed by atoms with E-state index in [0.29, 0.717) is 12.1 Å². The van der Waals surface area contributed by atoms with Crippen molar-refractivity contribution < 1.29 is 4.79 Å². The maximum absolute atomic E-state index is 11.9. The van der Waals surface area contributed by atoms with Gasteiger partial charge in [-0.05, 0) is 25.0 Å². The maximum Gasteiger partial charge on any atom is 0.254 e. The summed E-state index contributed by atoms with van der Waals surface area (Å²) in [6.45, 7) is 3.46. The average Bonchev–Trinajstić information content (AvgIpc) is 3.10. The van der Waals surface area contributed by atoms with Crippen molar-refractivity contribution in [3.05, 3.63) is 47.9 Å². The Hall–Kier alpha value is -2.63. The van der Waals surface area contributed by atoms with E-state index in [1.54, 1.807) is 24.1 Å². The van der Waals surface area contributed by atoms with Gasteiger partial charge in [-0.1, -0.05) is 12.1 Å². The Labute approximate surface area is 128 Å². The van der Waals surface area contributed by atoms with Crippen LogP contribution in [0.5, 0.6) is 0 Å². The number of carbonyl (C=O) groups is 1. The van der Waals surface area contributed by atoms with E-state index in [-0.39, 0.29) is 5.91 Å². The van der Waals surface area contributed by atoms with E-state index >= 15 is 0 Å². The summed E-state index contributed by atoms with van der Waals surface area (Å²) < 4.78 is 3.60. The summed E-state index contributed by atoms with van der Waals surface area (Å²) in [6.07, 6.45) is 5.98. The number of amides is 1. The fraction of sp³-hybridized carbons (Fsp3) is 0.312. The van der Waals surface area contributed by atoms with Crippen LogP contribution in [0.25, 0.3) is 10.9 Å². The molecule has 0 aliphatic heterocycles. The highest BCUT2D eigenvalue weighted by atomic mass is 16.1. The summed E-state index contributed by atoms with van der Waals surface area (Å²) in [5.74, 6) is -0.0886. The molecule has 0 aliphatic rings. The lowest BCUT2D eigenvalue weighted by Gasteiger charge is -2.06. The number of fused-ring (bicyclic) bond motifs is 1. The molecule has 6 nitrogen and oxygen atoms in total. The first-order chi connectivity index (χ1) is 10.6. The summed E-state index contributed by atoms with van der Waals surface area (Å²) >= 11 is 0. The molecule has 0 atom stereocenters. The van der Waals surface area contributed by atoms with Gasteiger partial charge >= 0.3 is 0 Å². The van der Waals surface area contributed by atoms with Gasteiger partial charge in [-0.25, -0.2) is 0 Å². The molecule has 0 radical (unpaired) electrons. The summed E-state index contributed by atoms with van der Waals surface area (Å²) in [5.41, 5.74) is 2.94. The third-order valence-corrected chi connectivity index (χ3v) is 3.60. The molecular formula is C16H19N5O. The second-order valence-electron chi connectivity index (χ2n) is 5.44. The number of nitrogens with zero attached hydrogens (tertiary/aromatic N) is 4. The Kier molecular flexibility index (Phi) is 3.91. The first-order valence-corrected chi connectivity index (χ1v) is 7.32. The minimum atomic E-state index is -0.0886. The highest BCUT2D eigenvalue weighted by Crippen LogP contribution is 2.15. The van der Waals surface area contributed by atoms with E-state index in [0.717, 1.165) is 23.9 Å². The highest BCUT2D eigenvalue weighted by Gasteiger charge is 2.07. The molecule has 3 aromatic rings. The number of carbonyl (C=O) groups excluding carboxylic acids is 1. The Bertz CT molecular complexity index is 802. The van der Waals surface area contributed by atoms with E-state index in [1.807, 2.05) is 10.9 Å². The van der Waals surface area contributed by atoms with Gasteiger partial charge in [0.25, 0.3) is 5.91 Å². The molecule has 0 saturated carbocycles. The van der Waals surface area contributed by atoms with Gasteiger partial charge in [0.05, 0.1) is 23.5 Å². The molecule has 1 amide bonds. The molecule has 0 aliphatic carbocycles. The number of hydrogen-bond acceptors (Lipinski definition) is 3. The van der Waals surface area contributed by atoms with E-state index < -0.39 is 0 Å². The quantitative estimate of drug-likeness (QED) is 0.732. The maximum atomic E-state index is 11.9. The smallest absolute Gasteiger partial charge is 0.254 e. The van der Waals surface area contributed by atoms with Crippen LogP contribution in [0.3, 0.4) is 0 Å². The standard InChI is InChI=1S/C16H19N5O/c1-12-4-5-13-9-19-21(15(13)8-12)7-3-6-17-16(22)14-10-18-20(2)11-14/h4-5,8-11H,3,6-7H2,1-2H3,(H,17,22). The number of hydrogen-bond donors (Lipinski definition) is 1. The number of benzene rings is 1. The molecule has 114 valence electrons. The summed E-state index contributed by atoms with van der Waals surface area (Å²) in [5, 5.41) is 12.4. The second-order valence-corrected chi connectivity index (χ2v) is 5.44. The topological polar surface area (TPSA) is 64.7 Å². The van der Waals surface area contributed by atoms with Gasteiger partial charge in [-0.2, -0.15) is 10.2 Å². The van der Waals surface area contributed by atoms with Crippen LogP contribution in [0.2, 0.25) is 0 Å². The normalized spacial score (nSPS) is 11.0. The molecule has 22 heavy (non-hydrogen) atoms. The lowest BCUT2D eigenvalue weighted by molar-refractivity contribution is 0.0952. The van der Waals surface area contributed by atoms with Crippen LogP contribution >= 0.6 is 0 Å². The molecule has 0 spiro atoms. The fourth-order valence-corrected chi connectivity index (χ4v) is 2.43. The van der Waals surface area contributed by atoms with Gasteiger partial charge in [0.15, 0.2) is 0 Å². The Morgan fingerprint density at radius 3 is 2.91 bits per heavy atom. The summed E-state index contributed by atoms with van der Waals surface area (Å²) in [4.78, 5) is 11.9. The zero-order chi connectivity index (χ0) is 15.5. The van der Waals surface area contributed by atoms with E-state index in [1.165, 1.54) is 5.56 Å². The predicted molar refractivity (Wildman–Crippen MR) is 84.6 cm³/mol. The van der Waals surface area contributed by atoms with Gasteiger partial charge in [0, 0.05) is 31.7 Å². The zero-order valence-corrected chi connectivity index (χ0v) is 12.8. The lowest BCUT2D eigenvalue weighted by Crippen LogP contribution is -2.25. The van der Waals surface area contributed by atoms with Gasteiger partial charge in [0.1, 0.15) is 0 Å². The molecule has 6 heteroatoms. The van der Waals surface area contributed by atoms with Crippen molar-refractivity contribution in [1.82, 2.24) is 24.9 Å². The predicted octanol–water partition coefficient (Wildman–Crippen LogP) is 1.90. The largest absolute Gasteiger partial charge is 0.352 e. The Morgan fingerprint density at radius 2 is 2.14 bits per heavy atom. The van der Waals surface area contributed by atoms with Crippen molar-refractivity contribution in [1.29, 1.82) is 0 Å². The summed E-state index contributed by atoms with van der Waals surface area (Å²) in [6, 6.07) is 6.30. The number of nitrogens with one attached hydrogen (secondary N) is 1. The van der Waals surface area contributed by atoms with Crippen LogP contribution in [-0.4, -0.2) is 32.0 Å². The van der Waals surface area contributed by atoms with Crippen LogP contribution < -0.4 is 5.32 Å². The molecule has 1 aromatic carbocycles. The van der Waals surface area contributed by atoms with Crippen molar-refractivity contribution in [2.75, 3.05) is 6.54 Å².